The van der Waals surface area contributed by atoms with Gasteiger partial charge in [0.25, 0.3) is 0 Å². The first-order chi connectivity index (χ1) is 7.63. The summed E-state index contributed by atoms with van der Waals surface area (Å²) in [5, 5.41) is 38.4. The van der Waals surface area contributed by atoms with Gasteiger partial charge in [-0.25, -0.2) is 0 Å². The monoisotopic (exact) mass is 232 g/mol. The number of aliphatic hydroxyl groups excluding tert-OH is 4. The molecule has 1 aliphatic carbocycles. The van der Waals surface area contributed by atoms with Crippen LogP contribution in [0.15, 0.2) is 0 Å². The van der Waals surface area contributed by atoms with Gasteiger partial charge in [-0.05, 0) is 6.42 Å². The Balaban J connectivity index is 1.85. The molecule has 3 fully saturated rings. The van der Waals surface area contributed by atoms with Crippen LogP contribution in [0.5, 0.6) is 0 Å². The van der Waals surface area contributed by atoms with Crippen molar-refractivity contribution in [1.82, 2.24) is 0 Å². The van der Waals surface area contributed by atoms with Crippen LogP contribution in [0, 0.1) is 5.92 Å². The van der Waals surface area contributed by atoms with E-state index in [9.17, 15) is 15.3 Å². The normalized spacial score (nSPS) is 60.0. The minimum atomic E-state index is -1.29. The molecule has 1 unspecified atom stereocenters. The predicted molar refractivity (Wildman–Crippen MR) is 50.6 cm³/mol. The summed E-state index contributed by atoms with van der Waals surface area (Å²) in [5.41, 5.74) is -0.912. The van der Waals surface area contributed by atoms with E-state index in [1.807, 2.05) is 0 Å². The van der Waals surface area contributed by atoms with Gasteiger partial charge >= 0.3 is 0 Å². The zero-order valence-corrected chi connectivity index (χ0v) is 8.69. The molecule has 2 heterocycles. The van der Waals surface area contributed by atoms with E-state index in [0.29, 0.717) is 6.61 Å². The standard InChI is InChI=1S/C10H16O6/c11-3-5-6(12)7(13)8(14)10(16-5)4-1-2-15-9(4)10/h4-9,11-14H,1-3H2/t4-,5-,6-,7+,8-,9+,10?/m1/s1. The molecule has 0 amide bonds. The van der Waals surface area contributed by atoms with Crippen LogP contribution in [0.2, 0.25) is 0 Å². The van der Waals surface area contributed by atoms with Crippen molar-refractivity contribution in [1.29, 1.82) is 0 Å². The van der Waals surface area contributed by atoms with Gasteiger partial charge in [0, 0.05) is 12.5 Å². The van der Waals surface area contributed by atoms with E-state index in [1.165, 1.54) is 0 Å². The van der Waals surface area contributed by atoms with Crippen molar-refractivity contribution in [2.75, 3.05) is 13.2 Å². The smallest absolute Gasteiger partial charge is 0.129 e. The zero-order chi connectivity index (χ0) is 11.5. The lowest BCUT2D eigenvalue weighted by Crippen LogP contribution is -2.61. The third-order valence-corrected chi connectivity index (χ3v) is 4.06. The average molecular weight is 232 g/mol. The number of ether oxygens (including phenoxy) is 2. The largest absolute Gasteiger partial charge is 0.394 e. The fourth-order valence-corrected chi connectivity index (χ4v) is 3.13. The van der Waals surface area contributed by atoms with Gasteiger partial charge < -0.3 is 29.9 Å². The van der Waals surface area contributed by atoms with Gasteiger partial charge in [0.1, 0.15) is 30.0 Å². The van der Waals surface area contributed by atoms with Gasteiger partial charge in [0.2, 0.25) is 0 Å². The maximum Gasteiger partial charge on any atom is 0.129 e. The summed E-state index contributed by atoms with van der Waals surface area (Å²) in [4.78, 5) is 0. The van der Waals surface area contributed by atoms with Crippen molar-refractivity contribution in [2.45, 2.75) is 42.5 Å². The fourth-order valence-electron chi connectivity index (χ4n) is 3.13. The molecule has 1 spiro atoms. The first kappa shape index (κ1) is 10.9. The van der Waals surface area contributed by atoms with E-state index < -0.39 is 30.0 Å². The van der Waals surface area contributed by atoms with E-state index in [2.05, 4.69) is 0 Å². The first-order valence-electron chi connectivity index (χ1n) is 5.57. The topological polar surface area (TPSA) is 99.4 Å². The van der Waals surface area contributed by atoms with Gasteiger partial charge in [0.15, 0.2) is 0 Å². The molecule has 0 radical (unpaired) electrons. The second-order valence-corrected chi connectivity index (χ2v) is 4.81. The summed E-state index contributed by atoms with van der Waals surface area (Å²) in [6.45, 7) is 0.252. The highest BCUT2D eigenvalue weighted by Crippen LogP contribution is 2.60. The molecule has 4 N–H and O–H groups in total. The summed E-state index contributed by atoms with van der Waals surface area (Å²) < 4.78 is 11.0. The highest BCUT2D eigenvalue weighted by Gasteiger charge is 2.77. The lowest BCUT2D eigenvalue weighted by atomic mass is 9.91. The van der Waals surface area contributed by atoms with Crippen molar-refractivity contribution in [3.63, 3.8) is 0 Å². The van der Waals surface area contributed by atoms with E-state index in [0.717, 1.165) is 6.42 Å². The van der Waals surface area contributed by atoms with E-state index in [-0.39, 0.29) is 18.6 Å². The number of aliphatic hydroxyl groups is 4. The Kier molecular flexibility index (Phi) is 2.30. The third kappa shape index (κ3) is 1.12. The Labute approximate surface area is 92.4 Å². The van der Waals surface area contributed by atoms with Crippen LogP contribution >= 0.6 is 0 Å². The van der Waals surface area contributed by atoms with Crippen molar-refractivity contribution >= 4 is 0 Å². The molecule has 0 bridgehead atoms. The average Bonchev–Trinajstić information content (AvgIpc) is 2.65. The van der Waals surface area contributed by atoms with Crippen LogP contribution in [-0.4, -0.2) is 69.8 Å². The van der Waals surface area contributed by atoms with Crippen LogP contribution < -0.4 is 0 Å². The van der Waals surface area contributed by atoms with Crippen LogP contribution in [0.3, 0.4) is 0 Å². The molecule has 0 aromatic heterocycles. The van der Waals surface area contributed by atoms with Crippen molar-refractivity contribution in [3.05, 3.63) is 0 Å². The molecule has 3 rings (SSSR count). The summed E-state index contributed by atoms with van der Waals surface area (Å²) >= 11 is 0. The summed E-state index contributed by atoms with van der Waals surface area (Å²) in [7, 11) is 0. The predicted octanol–water partition coefficient (Wildman–Crippen LogP) is -2.38. The Bertz CT molecular complexity index is 283. The first-order valence-corrected chi connectivity index (χ1v) is 5.57. The Morgan fingerprint density at radius 1 is 1.19 bits per heavy atom. The molecule has 0 aromatic rings. The quantitative estimate of drug-likeness (QED) is 0.403. The Morgan fingerprint density at radius 3 is 2.50 bits per heavy atom. The molecule has 3 aliphatic rings. The molecule has 92 valence electrons. The minimum absolute atomic E-state index is 0.0682. The highest BCUT2D eigenvalue weighted by atomic mass is 16.6. The lowest BCUT2D eigenvalue weighted by molar-refractivity contribution is -0.256. The Hall–Kier alpha value is -0.240. The van der Waals surface area contributed by atoms with Crippen molar-refractivity contribution < 1.29 is 29.9 Å². The van der Waals surface area contributed by atoms with E-state index in [1.54, 1.807) is 0 Å². The van der Waals surface area contributed by atoms with Crippen LogP contribution in [0.4, 0.5) is 0 Å². The number of fused-ring (bicyclic) bond motifs is 3. The third-order valence-electron chi connectivity index (χ3n) is 4.06. The molecule has 6 heteroatoms. The summed E-state index contributed by atoms with van der Waals surface area (Å²) in [5.74, 6) is 0.0682. The van der Waals surface area contributed by atoms with Crippen molar-refractivity contribution in [2.24, 2.45) is 5.92 Å². The minimum Gasteiger partial charge on any atom is -0.394 e. The van der Waals surface area contributed by atoms with Crippen LogP contribution in [0.1, 0.15) is 6.42 Å². The van der Waals surface area contributed by atoms with Gasteiger partial charge in [-0.1, -0.05) is 0 Å². The molecule has 16 heavy (non-hydrogen) atoms. The molecule has 1 saturated carbocycles. The molecule has 2 aliphatic heterocycles. The Morgan fingerprint density at radius 2 is 1.94 bits per heavy atom. The second kappa shape index (κ2) is 3.38. The van der Waals surface area contributed by atoms with Gasteiger partial charge in [0.05, 0.1) is 12.7 Å². The number of rotatable bonds is 1. The van der Waals surface area contributed by atoms with Crippen LogP contribution in [-0.2, 0) is 9.47 Å². The van der Waals surface area contributed by atoms with Gasteiger partial charge in [-0.3, -0.25) is 0 Å². The van der Waals surface area contributed by atoms with Gasteiger partial charge in [-0.15, -0.1) is 0 Å². The van der Waals surface area contributed by atoms with Gasteiger partial charge in [-0.2, -0.15) is 0 Å². The summed E-state index contributed by atoms with van der Waals surface area (Å²) in [6, 6.07) is 0. The fraction of sp³-hybridized carbons (Fsp3) is 1.00. The molecule has 0 aromatic carbocycles. The van der Waals surface area contributed by atoms with Crippen molar-refractivity contribution in [3.8, 4) is 0 Å². The molecular formula is C10H16O6. The SMILES string of the molecule is OC[C@H]1OC2([C@H](O)[C@@H](O)[C@@H]1O)[C@@H]1CCO[C@@H]12. The second-order valence-electron chi connectivity index (χ2n) is 4.81. The molecular weight excluding hydrogens is 216 g/mol. The van der Waals surface area contributed by atoms with E-state index in [4.69, 9.17) is 14.6 Å². The maximum atomic E-state index is 9.96. The molecule has 7 atom stereocenters. The maximum absolute atomic E-state index is 9.96. The van der Waals surface area contributed by atoms with Crippen LogP contribution in [0.25, 0.3) is 0 Å². The molecule has 2 saturated heterocycles. The zero-order valence-electron chi connectivity index (χ0n) is 8.69. The highest BCUT2D eigenvalue weighted by molar-refractivity contribution is 5.25. The number of hydrogen-bond acceptors (Lipinski definition) is 6. The lowest BCUT2D eigenvalue weighted by Gasteiger charge is -2.42. The molecule has 6 nitrogen and oxygen atoms in total. The summed E-state index contributed by atoms with van der Waals surface area (Å²) in [6.07, 6.45) is -3.98. The van der Waals surface area contributed by atoms with E-state index >= 15 is 0 Å². The number of hydrogen-bond donors (Lipinski definition) is 4.